The van der Waals surface area contributed by atoms with Gasteiger partial charge in [-0.05, 0) is 24.5 Å². The summed E-state index contributed by atoms with van der Waals surface area (Å²) in [7, 11) is -1.49. The largest absolute Gasteiger partial charge is 0.493 e. The van der Waals surface area contributed by atoms with Gasteiger partial charge in [0, 0.05) is 18.8 Å². The molecule has 0 aromatic carbocycles. The fraction of sp³-hybridized carbons (Fsp3) is 0.375. The second-order valence-electron chi connectivity index (χ2n) is 6.42. The minimum absolute atomic E-state index is 0.0532. The summed E-state index contributed by atoms with van der Waals surface area (Å²) < 4.78 is 31.7. The molecule has 1 aliphatic heterocycles. The van der Waals surface area contributed by atoms with Crippen LogP contribution in [0.15, 0.2) is 30.9 Å². The summed E-state index contributed by atoms with van der Waals surface area (Å²) in [5.74, 6) is 1.04. The van der Waals surface area contributed by atoms with Gasteiger partial charge in [-0.2, -0.15) is 9.50 Å². The molecule has 1 aliphatic rings. The number of fused-ring (bicyclic) bond motifs is 1. The van der Waals surface area contributed by atoms with Crippen molar-refractivity contribution in [2.75, 3.05) is 23.9 Å². The van der Waals surface area contributed by atoms with E-state index in [1.165, 1.54) is 7.11 Å². The second kappa shape index (κ2) is 6.65. The SMILES string of the molecule is COc1ccc(-n2ccnc2)n2nc(NC(=O)CC3CCS(=O)(=O)C3)nc12. The molecule has 11 heteroatoms. The van der Waals surface area contributed by atoms with Crippen molar-refractivity contribution in [2.24, 2.45) is 5.92 Å². The molecule has 1 fully saturated rings. The number of amides is 1. The molecule has 3 aromatic heterocycles. The first-order chi connectivity index (χ1) is 12.9. The smallest absolute Gasteiger partial charge is 0.249 e. The van der Waals surface area contributed by atoms with Crippen molar-refractivity contribution in [1.29, 1.82) is 0 Å². The molecule has 0 spiro atoms. The van der Waals surface area contributed by atoms with E-state index in [2.05, 4.69) is 20.4 Å². The highest BCUT2D eigenvalue weighted by Gasteiger charge is 2.29. The summed E-state index contributed by atoms with van der Waals surface area (Å²) in [4.78, 5) is 20.6. The molecule has 10 nitrogen and oxygen atoms in total. The van der Waals surface area contributed by atoms with E-state index in [0.717, 1.165) is 0 Å². The number of nitrogens with zero attached hydrogens (tertiary/aromatic N) is 5. The third kappa shape index (κ3) is 3.50. The van der Waals surface area contributed by atoms with Crippen molar-refractivity contribution in [3.8, 4) is 11.6 Å². The molecule has 1 amide bonds. The fourth-order valence-electron chi connectivity index (χ4n) is 3.20. The third-order valence-corrected chi connectivity index (χ3v) is 6.31. The third-order valence-electron chi connectivity index (χ3n) is 4.47. The summed E-state index contributed by atoms with van der Waals surface area (Å²) >= 11 is 0. The molecule has 3 aromatic rings. The molecule has 0 saturated carbocycles. The van der Waals surface area contributed by atoms with Gasteiger partial charge in [0.2, 0.25) is 17.5 Å². The first-order valence-corrected chi connectivity index (χ1v) is 10.2. The number of pyridine rings is 1. The maximum Gasteiger partial charge on any atom is 0.249 e. The van der Waals surface area contributed by atoms with Crippen LogP contribution in [0.5, 0.6) is 5.75 Å². The van der Waals surface area contributed by atoms with Crippen LogP contribution < -0.4 is 10.1 Å². The zero-order valence-electron chi connectivity index (χ0n) is 14.6. The van der Waals surface area contributed by atoms with E-state index < -0.39 is 9.84 Å². The first-order valence-electron chi connectivity index (χ1n) is 8.37. The van der Waals surface area contributed by atoms with Crippen LogP contribution in [-0.4, -0.2) is 57.1 Å². The highest BCUT2D eigenvalue weighted by atomic mass is 32.2. The number of aromatic nitrogens is 5. The molecule has 1 saturated heterocycles. The highest BCUT2D eigenvalue weighted by Crippen LogP contribution is 2.24. The van der Waals surface area contributed by atoms with E-state index in [9.17, 15) is 13.2 Å². The molecular formula is C16H18N6O4S. The zero-order valence-corrected chi connectivity index (χ0v) is 15.4. The Morgan fingerprint density at radius 1 is 1.41 bits per heavy atom. The number of carbonyl (C=O) groups is 1. The standard InChI is InChI=1S/C16H18N6O4S/c1-26-12-2-3-14(21-6-5-17-10-21)22-15(12)19-16(20-22)18-13(23)8-11-4-7-27(24,25)9-11/h2-3,5-6,10-11H,4,7-9H2,1H3,(H,18,20,23). The van der Waals surface area contributed by atoms with Gasteiger partial charge in [-0.25, -0.2) is 13.4 Å². The van der Waals surface area contributed by atoms with Crippen LogP contribution in [0.25, 0.3) is 11.5 Å². The number of carbonyl (C=O) groups excluding carboxylic acids is 1. The van der Waals surface area contributed by atoms with Crippen LogP contribution in [0, 0.1) is 5.92 Å². The number of imidazole rings is 1. The van der Waals surface area contributed by atoms with Crippen LogP contribution in [0.1, 0.15) is 12.8 Å². The number of hydrogen-bond acceptors (Lipinski definition) is 7. The molecule has 1 atom stereocenters. The van der Waals surface area contributed by atoms with Crippen molar-refractivity contribution in [3.05, 3.63) is 30.9 Å². The molecule has 4 rings (SSSR count). The molecule has 1 N–H and O–H groups in total. The van der Waals surface area contributed by atoms with E-state index in [4.69, 9.17) is 4.74 Å². The van der Waals surface area contributed by atoms with E-state index in [-0.39, 0.29) is 35.7 Å². The van der Waals surface area contributed by atoms with Crippen molar-refractivity contribution in [1.82, 2.24) is 24.1 Å². The van der Waals surface area contributed by atoms with Crippen molar-refractivity contribution in [2.45, 2.75) is 12.8 Å². The van der Waals surface area contributed by atoms with Crippen molar-refractivity contribution in [3.63, 3.8) is 0 Å². The number of anilines is 1. The Labute approximate surface area is 155 Å². The minimum Gasteiger partial charge on any atom is -0.493 e. The lowest BCUT2D eigenvalue weighted by molar-refractivity contribution is -0.116. The summed E-state index contributed by atoms with van der Waals surface area (Å²) in [5.41, 5.74) is 0.447. The van der Waals surface area contributed by atoms with Crippen LogP contribution in [0.4, 0.5) is 5.95 Å². The first kappa shape index (κ1) is 17.5. The average molecular weight is 390 g/mol. The zero-order chi connectivity index (χ0) is 19.0. The van der Waals surface area contributed by atoms with E-state index in [0.29, 0.717) is 23.6 Å². The van der Waals surface area contributed by atoms with E-state index in [1.807, 2.05) is 0 Å². The van der Waals surface area contributed by atoms with Gasteiger partial charge < -0.3 is 4.74 Å². The molecule has 0 radical (unpaired) electrons. The Morgan fingerprint density at radius 2 is 2.26 bits per heavy atom. The van der Waals surface area contributed by atoms with Crippen molar-refractivity contribution >= 4 is 27.3 Å². The van der Waals surface area contributed by atoms with Gasteiger partial charge >= 0.3 is 0 Å². The Bertz CT molecular complexity index is 1090. The van der Waals surface area contributed by atoms with Gasteiger partial charge in [0.25, 0.3) is 0 Å². The predicted molar refractivity (Wildman–Crippen MR) is 96.7 cm³/mol. The maximum atomic E-state index is 12.3. The number of hydrogen-bond donors (Lipinski definition) is 1. The number of nitrogens with one attached hydrogen (secondary N) is 1. The average Bonchev–Trinajstić information content (AvgIpc) is 3.33. The predicted octanol–water partition coefficient (Wildman–Crippen LogP) is 0.687. The topological polar surface area (TPSA) is 120 Å². The van der Waals surface area contributed by atoms with Gasteiger partial charge in [0.05, 0.1) is 18.6 Å². The molecule has 0 bridgehead atoms. The second-order valence-corrected chi connectivity index (χ2v) is 8.65. The Morgan fingerprint density at radius 3 is 2.93 bits per heavy atom. The van der Waals surface area contributed by atoms with Gasteiger partial charge in [0.1, 0.15) is 12.1 Å². The number of sulfone groups is 1. The van der Waals surface area contributed by atoms with Gasteiger partial charge in [-0.3, -0.25) is 14.7 Å². The quantitative estimate of drug-likeness (QED) is 0.680. The fourth-order valence-corrected chi connectivity index (χ4v) is 5.06. The highest BCUT2D eigenvalue weighted by molar-refractivity contribution is 7.91. The van der Waals surface area contributed by atoms with Crippen LogP contribution >= 0.6 is 0 Å². The molecule has 1 unspecified atom stereocenters. The lowest BCUT2D eigenvalue weighted by Crippen LogP contribution is -2.18. The summed E-state index contributed by atoms with van der Waals surface area (Å²) in [5, 5.41) is 7.00. The summed E-state index contributed by atoms with van der Waals surface area (Å²) in [6, 6.07) is 3.56. The molecular weight excluding hydrogens is 372 g/mol. The van der Waals surface area contributed by atoms with Crippen LogP contribution in [0.3, 0.4) is 0 Å². The Kier molecular flexibility index (Phi) is 4.30. The Hall–Kier alpha value is -2.95. The molecule has 4 heterocycles. The van der Waals surface area contributed by atoms with Gasteiger partial charge in [0.15, 0.2) is 15.6 Å². The minimum atomic E-state index is -3.01. The Balaban J connectivity index is 1.59. The maximum absolute atomic E-state index is 12.3. The van der Waals surface area contributed by atoms with E-state index in [1.54, 1.807) is 39.9 Å². The van der Waals surface area contributed by atoms with E-state index >= 15 is 0 Å². The molecule has 0 aliphatic carbocycles. The van der Waals surface area contributed by atoms with Gasteiger partial charge in [-0.1, -0.05) is 0 Å². The number of ether oxygens (including phenoxy) is 1. The van der Waals surface area contributed by atoms with Crippen LogP contribution in [0.2, 0.25) is 0 Å². The number of methoxy groups -OCH3 is 1. The lowest BCUT2D eigenvalue weighted by Gasteiger charge is -2.07. The van der Waals surface area contributed by atoms with Gasteiger partial charge in [-0.15, -0.1) is 5.10 Å². The summed E-state index contributed by atoms with van der Waals surface area (Å²) in [6.45, 7) is 0. The number of rotatable bonds is 5. The normalized spacial score (nSPS) is 18.6. The van der Waals surface area contributed by atoms with Crippen LogP contribution in [-0.2, 0) is 14.6 Å². The monoisotopic (exact) mass is 390 g/mol. The molecule has 142 valence electrons. The van der Waals surface area contributed by atoms with Crippen molar-refractivity contribution < 1.29 is 17.9 Å². The molecule has 27 heavy (non-hydrogen) atoms. The lowest BCUT2D eigenvalue weighted by atomic mass is 10.1. The summed E-state index contributed by atoms with van der Waals surface area (Å²) in [6.07, 6.45) is 5.67.